The molecular weight excluding hydrogens is 358 g/mol. The molecule has 28 heavy (non-hydrogen) atoms. The van der Waals surface area contributed by atoms with Gasteiger partial charge in [-0.2, -0.15) is 0 Å². The van der Waals surface area contributed by atoms with E-state index in [2.05, 4.69) is 9.97 Å². The van der Waals surface area contributed by atoms with Gasteiger partial charge in [-0.3, -0.25) is 4.79 Å². The number of pyridine rings is 1. The third-order valence-electron chi connectivity index (χ3n) is 5.34. The summed E-state index contributed by atoms with van der Waals surface area (Å²) in [6, 6.07) is 7.20. The van der Waals surface area contributed by atoms with Gasteiger partial charge in [-0.05, 0) is 43.0 Å². The van der Waals surface area contributed by atoms with Gasteiger partial charge < -0.3 is 24.4 Å². The highest BCUT2D eigenvalue weighted by Gasteiger charge is 2.24. The van der Waals surface area contributed by atoms with Gasteiger partial charge in [0.05, 0.1) is 6.61 Å². The van der Waals surface area contributed by atoms with Crippen molar-refractivity contribution in [3.8, 4) is 16.9 Å². The molecule has 4 aromatic rings. The Labute approximate surface area is 159 Å². The highest BCUT2D eigenvalue weighted by atomic mass is 16.5. The molecule has 1 fully saturated rings. The summed E-state index contributed by atoms with van der Waals surface area (Å²) >= 11 is 0. The van der Waals surface area contributed by atoms with Crippen molar-refractivity contribution in [2.75, 3.05) is 6.61 Å². The van der Waals surface area contributed by atoms with Crippen LogP contribution in [-0.4, -0.2) is 32.2 Å². The number of benzene rings is 1. The van der Waals surface area contributed by atoms with Gasteiger partial charge in [0.1, 0.15) is 17.0 Å². The van der Waals surface area contributed by atoms with E-state index in [0.717, 1.165) is 21.9 Å². The molecular formula is C21H19N3O4. The highest BCUT2D eigenvalue weighted by molar-refractivity contribution is 6.08. The number of fused-ring (bicyclic) bond motifs is 2. The Morgan fingerprint density at radius 3 is 2.86 bits per heavy atom. The van der Waals surface area contributed by atoms with Crippen molar-refractivity contribution in [2.24, 2.45) is 13.0 Å². The van der Waals surface area contributed by atoms with Crippen LogP contribution in [0.4, 0.5) is 0 Å². The predicted octanol–water partition coefficient (Wildman–Crippen LogP) is 3.50. The van der Waals surface area contributed by atoms with Crippen molar-refractivity contribution in [2.45, 2.75) is 12.8 Å². The lowest BCUT2D eigenvalue weighted by atomic mass is 10.00. The number of aromatic carboxylic acids is 1. The molecule has 0 radical (unpaired) electrons. The zero-order valence-electron chi connectivity index (χ0n) is 15.3. The first-order valence-corrected chi connectivity index (χ1v) is 9.22. The fraction of sp³-hybridized carbons (Fsp3) is 0.238. The molecule has 3 heterocycles. The Hall–Kier alpha value is -3.48. The number of carboxylic acids is 1. The number of aryl methyl sites for hydroxylation is 1. The second kappa shape index (κ2) is 6.02. The number of hydrogen-bond donors (Lipinski definition) is 3. The number of nitrogens with zero attached hydrogens (tertiary/aromatic N) is 1. The van der Waals surface area contributed by atoms with Crippen LogP contribution in [0.1, 0.15) is 23.3 Å². The van der Waals surface area contributed by atoms with Crippen molar-refractivity contribution in [3.63, 3.8) is 0 Å². The molecule has 0 aliphatic heterocycles. The van der Waals surface area contributed by atoms with Gasteiger partial charge in [-0.1, -0.05) is 0 Å². The molecule has 0 spiro atoms. The zero-order chi connectivity index (χ0) is 19.4. The van der Waals surface area contributed by atoms with Crippen LogP contribution < -0.4 is 10.3 Å². The molecule has 7 heteroatoms. The maximum Gasteiger partial charge on any atom is 0.352 e. The van der Waals surface area contributed by atoms with E-state index in [9.17, 15) is 14.7 Å². The second-order valence-corrected chi connectivity index (χ2v) is 7.37. The van der Waals surface area contributed by atoms with Gasteiger partial charge in [0.2, 0.25) is 0 Å². The number of hydrogen-bond acceptors (Lipinski definition) is 3. The molecule has 0 unspecified atom stereocenters. The van der Waals surface area contributed by atoms with Crippen molar-refractivity contribution in [3.05, 3.63) is 52.7 Å². The third-order valence-corrected chi connectivity index (χ3v) is 5.34. The number of H-pyrrole nitrogens is 2. The van der Waals surface area contributed by atoms with Crippen LogP contribution in [0.5, 0.6) is 5.75 Å². The van der Waals surface area contributed by atoms with Gasteiger partial charge >= 0.3 is 5.97 Å². The number of rotatable bonds is 5. The van der Waals surface area contributed by atoms with Crippen molar-refractivity contribution >= 4 is 27.8 Å². The molecule has 3 aromatic heterocycles. The van der Waals surface area contributed by atoms with Crippen molar-refractivity contribution in [1.82, 2.24) is 14.5 Å². The summed E-state index contributed by atoms with van der Waals surface area (Å²) in [7, 11) is 1.83. The highest BCUT2D eigenvalue weighted by Crippen LogP contribution is 2.42. The van der Waals surface area contributed by atoms with Crippen LogP contribution >= 0.6 is 0 Å². The van der Waals surface area contributed by atoms with E-state index < -0.39 is 5.97 Å². The minimum atomic E-state index is -1.02. The number of carbonyl (C=O) groups is 1. The van der Waals surface area contributed by atoms with Crippen LogP contribution in [-0.2, 0) is 7.05 Å². The number of aromatic nitrogens is 3. The van der Waals surface area contributed by atoms with Gasteiger partial charge in [0.15, 0.2) is 0 Å². The lowest BCUT2D eigenvalue weighted by Crippen LogP contribution is -2.07. The average molecular weight is 377 g/mol. The summed E-state index contributed by atoms with van der Waals surface area (Å²) in [4.78, 5) is 29.4. The van der Waals surface area contributed by atoms with Crippen molar-refractivity contribution < 1.29 is 14.6 Å². The lowest BCUT2D eigenvalue weighted by molar-refractivity contribution is 0.0691. The molecule has 5 rings (SSSR count). The number of ether oxygens (including phenoxy) is 1. The standard InChI is InChI=1S/C21H19N3O4/c1-24-9-14(12-6-7-22-20(25)19(12)24)18-13-8-16(21(26)27)23-15(13)4-5-17(18)28-10-11-2-3-11/h4-9,11,23H,2-3,10H2,1H3,(H,22,25)(H,26,27). The number of nitrogens with one attached hydrogen (secondary N) is 2. The topological polar surface area (TPSA) is 100 Å². The van der Waals surface area contributed by atoms with Crippen LogP contribution in [0.15, 0.2) is 41.5 Å². The van der Waals surface area contributed by atoms with Crippen molar-refractivity contribution in [1.29, 1.82) is 0 Å². The third kappa shape index (κ3) is 2.58. The summed E-state index contributed by atoms with van der Waals surface area (Å²) < 4.78 is 7.91. The molecule has 1 aliphatic carbocycles. The van der Waals surface area contributed by atoms with Crippen LogP contribution in [0.25, 0.3) is 32.9 Å². The summed E-state index contributed by atoms with van der Waals surface area (Å²) in [6.07, 6.45) is 5.87. The first-order chi connectivity index (χ1) is 13.5. The first-order valence-electron chi connectivity index (χ1n) is 9.22. The normalized spacial score (nSPS) is 14.0. The van der Waals surface area contributed by atoms with Crippen LogP contribution in [0.2, 0.25) is 0 Å². The molecule has 0 atom stereocenters. The maximum atomic E-state index is 12.3. The Morgan fingerprint density at radius 2 is 2.11 bits per heavy atom. The van der Waals surface area contributed by atoms with Crippen LogP contribution in [0, 0.1) is 5.92 Å². The Kier molecular flexibility index (Phi) is 3.58. The Balaban J connectivity index is 1.80. The first kappa shape index (κ1) is 16.7. The average Bonchev–Trinajstić information content (AvgIpc) is 3.29. The molecule has 1 aromatic carbocycles. The van der Waals surface area contributed by atoms with E-state index in [4.69, 9.17) is 4.74 Å². The molecule has 3 N–H and O–H groups in total. The number of aromatic amines is 2. The summed E-state index contributed by atoms with van der Waals surface area (Å²) in [5.74, 6) is 0.264. The fourth-order valence-electron chi connectivity index (χ4n) is 3.75. The molecule has 0 saturated heterocycles. The zero-order valence-corrected chi connectivity index (χ0v) is 15.3. The summed E-state index contributed by atoms with van der Waals surface area (Å²) in [5.41, 5.74) is 2.88. The monoisotopic (exact) mass is 377 g/mol. The molecule has 1 aliphatic rings. The van der Waals surface area contributed by atoms with Gasteiger partial charge in [0, 0.05) is 46.9 Å². The summed E-state index contributed by atoms with van der Waals surface area (Å²) in [6.45, 7) is 0.639. The van der Waals surface area contributed by atoms with E-state index in [1.54, 1.807) is 16.8 Å². The maximum absolute atomic E-state index is 12.3. The minimum absolute atomic E-state index is 0.119. The molecule has 0 amide bonds. The van der Waals surface area contributed by atoms with Crippen LogP contribution in [0.3, 0.4) is 0 Å². The quantitative estimate of drug-likeness (QED) is 0.495. The molecule has 142 valence electrons. The van der Waals surface area contributed by atoms with E-state index >= 15 is 0 Å². The minimum Gasteiger partial charge on any atom is -0.493 e. The van der Waals surface area contributed by atoms with Gasteiger partial charge in [0.25, 0.3) is 5.56 Å². The fourth-order valence-corrected chi connectivity index (χ4v) is 3.75. The predicted molar refractivity (Wildman–Crippen MR) is 106 cm³/mol. The lowest BCUT2D eigenvalue weighted by Gasteiger charge is -2.12. The van der Waals surface area contributed by atoms with E-state index in [1.807, 2.05) is 31.4 Å². The number of carboxylic acid groups (broad SMARTS) is 1. The molecule has 0 bridgehead atoms. The molecule has 7 nitrogen and oxygen atoms in total. The summed E-state index contributed by atoms with van der Waals surface area (Å²) in [5, 5.41) is 11.0. The molecule has 1 saturated carbocycles. The van der Waals surface area contributed by atoms with Gasteiger partial charge in [-0.25, -0.2) is 4.79 Å². The smallest absolute Gasteiger partial charge is 0.352 e. The Morgan fingerprint density at radius 1 is 1.29 bits per heavy atom. The Bertz CT molecular complexity index is 1290. The van der Waals surface area contributed by atoms with E-state index in [0.29, 0.717) is 29.3 Å². The largest absolute Gasteiger partial charge is 0.493 e. The SMILES string of the molecule is Cn1cc(-c2c(OCC3CC3)ccc3[nH]c(C(=O)O)cc23)c2cc[nH]c(=O)c21. The van der Waals surface area contributed by atoms with Gasteiger partial charge in [-0.15, -0.1) is 0 Å². The van der Waals surface area contributed by atoms with E-state index in [1.165, 1.54) is 12.8 Å². The second-order valence-electron chi connectivity index (χ2n) is 7.37. The van der Waals surface area contributed by atoms with E-state index in [-0.39, 0.29) is 11.3 Å².